The summed E-state index contributed by atoms with van der Waals surface area (Å²) in [6, 6.07) is 6.02. The van der Waals surface area contributed by atoms with Crippen LogP contribution in [0, 0.1) is 5.92 Å². The van der Waals surface area contributed by atoms with E-state index in [9.17, 15) is 9.59 Å². The Morgan fingerprint density at radius 3 is 3.00 bits per heavy atom. The number of hydrogen-bond donors (Lipinski definition) is 1. The van der Waals surface area contributed by atoms with Gasteiger partial charge >= 0.3 is 12.0 Å². The minimum absolute atomic E-state index is 0.129. The quantitative estimate of drug-likeness (QED) is 0.863. The van der Waals surface area contributed by atoms with E-state index in [1.165, 1.54) is 18.2 Å². The van der Waals surface area contributed by atoms with Gasteiger partial charge in [-0.1, -0.05) is 18.2 Å². The number of hydrogen-bond acceptors (Lipinski definition) is 4. The fourth-order valence-corrected chi connectivity index (χ4v) is 3.15. The topological polar surface area (TPSA) is 67.9 Å². The van der Waals surface area contributed by atoms with Crippen molar-refractivity contribution in [2.45, 2.75) is 32.6 Å². The minimum Gasteiger partial charge on any atom is -0.469 e. The molecule has 0 radical (unpaired) electrons. The molecule has 1 saturated heterocycles. The highest BCUT2D eigenvalue weighted by Crippen LogP contribution is 2.21. The summed E-state index contributed by atoms with van der Waals surface area (Å²) >= 11 is 0. The van der Waals surface area contributed by atoms with Gasteiger partial charge in [0.05, 0.1) is 26.2 Å². The van der Waals surface area contributed by atoms with E-state index in [2.05, 4.69) is 17.4 Å². The van der Waals surface area contributed by atoms with E-state index in [0.29, 0.717) is 32.8 Å². The smallest absolute Gasteiger partial charge is 0.317 e. The van der Waals surface area contributed by atoms with Crippen molar-refractivity contribution in [2.75, 3.05) is 20.2 Å². The van der Waals surface area contributed by atoms with Crippen LogP contribution in [0.3, 0.4) is 0 Å². The largest absolute Gasteiger partial charge is 0.469 e. The Morgan fingerprint density at radius 1 is 1.35 bits per heavy atom. The Bertz CT molecular complexity index is 602. The molecule has 2 amide bonds. The molecule has 0 saturated carbocycles. The fourth-order valence-electron chi connectivity index (χ4n) is 3.15. The maximum atomic E-state index is 12.3. The summed E-state index contributed by atoms with van der Waals surface area (Å²) in [5.41, 5.74) is 3.47. The van der Waals surface area contributed by atoms with Crippen LogP contribution < -0.4 is 5.32 Å². The molecule has 124 valence electrons. The molecule has 1 N–H and O–H groups in total. The predicted octanol–water partition coefficient (Wildman–Crippen LogP) is 1.81. The van der Waals surface area contributed by atoms with Gasteiger partial charge in [-0.15, -0.1) is 0 Å². The first-order chi connectivity index (χ1) is 11.2. The van der Waals surface area contributed by atoms with Gasteiger partial charge in [0, 0.05) is 19.6 Å². The van der Waals surface area contributed by atoms with Crippen molar-refractivity contribution < 1.29 is 19.1 Å². The van der Waals surface area contributed by atoms with E-state index in [4.69, 9.17) is 9.47 Å². The third-order valence-electron chi connectivity index (χ3n) is 4.47. The fraction of sp³-hybridized carbons (Fsp3) is 0.529. The Hall–Kier alpha value is -2.08. The summed E-state index contributed by atoms with van der Waals surface area (Å²) in [5, 5.41) is 2.93. The number of likely N-dealkylation sites (tertiary alicyclic amines) is 1. The zero-order valence-electron chi connectivity index (χ0n) is 13.3. The molecule has 1 aromatic carbocycles. The van der Waals surface area contributed by atoms with Gasteiger partial charge in [0.2, 0.25) is 0 Å². The number of urea groups is 1. The minimum atomic E-state index is -0.235. The number of rotatable bonds is 3. The van der Waals surface area contributed by atoms with Crippen molar-refractivity contribution >= 4 is 12.0 Å². The Kier molecular flexibility index (Phi) is 4.81. The van der Waals surface area contributed by atoms with Crippen molar-refractivity contribution in [2.24, 2.45) is 5.92 Å². The molecule has 0 aromatic heterocycles. The molecule has 0 aliphatic carbocycles. The van der Waals surface area contributed by atoms with E-state index in [0.717, 1.165) is 18.4 Å². The lowest BCUT2D eigenvalue weighted by molar-refractivity contribution is -0.146. The van der Waals surface area contributed by atoms with Crippen LogP contribution in [0.1, 0.15) is 29.5 Å². The molecule has 1 atom stereocenters. The van der Waals surface area contributed by atoms with Gasteiger partial charge < -0.3 is 19.7 Å². The highest BCUT2D eigenvalue weighted by Gasteiger charge is 2.28. The highest BCUT2D eigenvalue weighted by atomic mass is 16.5. The van der Waals surface area contributed by atoms with Crippen LogP contribution in [0.15, 0.2) is 18.2 Å². The number of ether oxygens (including phenoxy) is 2. The number of piperidine rings is 1. The number of carbonyl (C=O) groups is 2. The molecule has 6 nitrogen and oxygen atoms in total. The van der Waals surface area contributed by atoms with Gasteiger partial charge in [0.25, 0.3) is 0 Å². The molecular formula is C17H22N2O4. The van der Waals surface area contributed by atoms with Crippen molar-refractivity contribution in [3.05, 3.63) is 34.9 Å². The summed E-state index contributed by atoms with van der Waals surface area (Å²) in [7, 11) is 1.39. The normalized spacial score (nSPS) is 20.0. The van der Waals surface area contributed by atoms with Crippen LogP contribution in [-0.2, 0) is 34.0 Å². The number of carbonyl (C=O) groups excluding carboxylic acids is 2. The molecule has 2 aliphatic heterocycles. The number of esters is 1. The summed E-state index contributed by atoms with van der Waals surface area (Å²) in [4.78, 5) is 25.6. The summed E-state index contributed by atoms with van der Waals surface area (Å²) in [6.07, 6.45) is 1.60. The monoisotopic (exact) mass is 318 g/mol. The van der Waals surface area contributed by atoms with Crippen LogP contribution in [0.5, 0.6) is 0 Å². The molecule has 6 heteroatoms. The van der Waals surface area contributed by atoms with E-state index in [-0.39, 0.29) is 17.9 Å². The van der Waals surface area contributed by atoms with Crippen molar-refractivity contribution in [1.29, 1.82) is 0 Å². The second-order valence-corrected chi connectivity index (χ2v) is 6.06. The molecule has 2 heterocycles. The number of nitrogens with one attached hydrogen (secondary N) is 1. The van der Waals surface area contributed by atoms with Crippen LogP contribution in [0.4, 0.5) is 4.79 Å². The predicted molar refractivity (Wildman–Crippen MR) is 83.5 cm³/mol. The zero-order chi connectivity index (χ0) is 16.2. The molecule has 3 rings (SSSR count). The number of benzene rings is 1. The van der Waals surface area contributed by atoms with Gasteiger partial charge in [0.1, 0.15) is 0 Å². The van der Waals surface area contributed by atoms with Gasteiger partial charge in [-0.25, -0.2) is 4.79 Å². The Labute approximate surface area is 135 Å². The van der Waals surface area contributed by atoms with E-state index >= 15 is 0 Å². The first-order valence-corrected chi connectivity index (χ1v) is 7.96. The summed E-state index contributed by atoms with van der Waals surface area (Å²) < 4.78 is 10.2. The lowest BCUT2D eigenvalue weighted by Gasteiger charge is -2.31. The molecule has 0 spiro atoms. The third-order valence-corrected chi connectivity index (χ3v) is 4.47. The van der Waals surface area contributed by atoms with Crippen molar-refractivity contribution in [1.82, 2.24) is 10.2 Å². The van der Waals surface area contributed by atoms with E-state index < -0.39 is 0 Å². The van der Waals surface area contributed by atoms with Gasteiger partial charge in [-0.3, -0.25) is 4.79 Å². The lowest BCUT2D eigenvalue weighted by atomic mass is 9.98. The zero-order valence-corrected chi connectivity index (χ0v) is 13.3. The maximum absolute atomic E-state index is 12.3. The molecular weight excluding hydrogens is 296 g/mol. The number of fused-ring (bicyclic) bond motifs is 1. The van der Waals surface area contributed by atoms with Crippen molar-refractivity contribution in [3.63, 3.8) is 0 Å². The average molecular weight is 318 g/mol. The highest BCUT2D eigenvalue weighted by molar-refractivity contribution is 5.77. The van der Waals surface area contributed by atoms with Crippen LogP contribution in [0.25, 0.3) is 0 Å². The van der Waals surface area contributed by atoms with Crippen LogP contribution >= 0.6 is 0 Å². The molecule has 0 bridgehead atoms. The second kappa shape index (κ2) is 7.00. The molecule has 2 aliphatic rings. The number of amides is 2. The van der Waals surface area contributed by atoms with Gasteiger partial charge in [-0.05, 0) is 29.5 Å². The SMILES string of the molecule is COC(=O)C1CCCN(C(=O)NCc2ccc3c(c2)COC3)C1. The molecule has 23 heavy (non-hydrogen) atoms. The average Bonchev–Trinajstić information content (AvgIpc) is 3.06. The Morgan fingerprint density at radius 2 is 2.17 bits per heavy atom. The standard InChI is InChI=1S/C17H22N2O4/c1-22-16(20)13-3-2-6-19(9-13)17(21)18-8-12-4-5-14-10-23-11-15(14)7-12/h4-5,7,13H,2-3,6,8-11H2,1H3,(H,18,21). The molecule has 1 fully saturated rings. The first-order valence-electron chi connectivity index (χ1n) is 7.96. The van der Waals surface area contributed by atoms with Crippen LogP contribution in [-0.4, -0.2) is 37.1 Å². The molecule has 1 aromatic rings. The van der Waals surface area contributed by atoms with E-state index in [1.807, 2.05) is 6.07 Å². The lowest BCUT2D eigenvalue weighted by Crippen LogP contribution is -2.47. The molecule has 1 unspecified atom stereocenters. The van der Waals surface area contributed by atoms with E-state index in [1.54, 1.807) is 4.90 Å². The first kappa shape index (κ1) is 15.8. The maximum Gasteiger partial charge on any atom is 0.317 e. The Balaban J connectivity index is 1.53. The van der Waals surface area contributed by atoms with Gasteiger partial charge in [0.15, 0.2) is 0 Å². The van der Waals surface area contributed by atoms with Crippen molar-refractivity contribution in [3.8, 4) is 0 Å². The number of methoxy groups -OCH3 is 1. The third kappa shape index (κ3) is 3.64. The van der Waals surface area contributed by atoms with Gasteiger partial charge in [-0.2, -0.15) is 0 Å². The number of nitrogens with zero attached hydrogens (tertiary/aromatic N) is 1. The van der Waals surface area contributed by atoms with Crippen LogP contribution in [0.2, 0.25) is 0 Å². The summed E-state index contributed by atoms with van der Waals surface area (Å²) in [5.74, 6) is -0.447. The summed E-state index contributed by atoms with van der Waals surface area (Å²) in [6.45, 7) is 2.90. The second-order valence-electron chi connectivity index (χ2n) is 6.06.